The second-order valence-electron chi connectivity index (χ2n) is 10.3. The van der Waals surface area contributed by atoms with E-state index in [0.29, 0.717) is 29.9 Å². The van der Waals surface area contributed by atoms with Crippen molar-refractivity contribution in [2.45, 2.75) is 25.4 Å². The Labute approximate surface area is 250 Å². The van der Waals surface area contributed by atoms with E-state index in [1.54, 1.807) is 24.3 Å². The molecule has 3 aromatic heterocycles. The van der Waals surface area contributed by atoms with E-state index in [9.17, 15) is 24.0 Å². The van der Waals surface area contributed by atoms with Crippen molar-refractivity contribution < 1.29 is 14.1 Å². The first kappa shape index (κ1) is 27.3. The molecule has 7 rings (SSSR count). The van der Waals surface area contributed by atoms with E-state index in [4.69, 9.17) is 10.3 Å². The van der Waals surface area contributed by atoms with Gasteiger partial charge in [0.2, 0.25) is 5.82 Å². The number of tetrazole rings is 1. The van der Waals surface area contributed by atoms with Gasteiger partial charge in [0.25, 0.3) is 28.4 Å². The Morgan fingerprint density at radius 1 is 1.07 bits per heavy atom. The number of rotatable bonds is 8. The second kappa shape index (κ2) is 10.6. The van der Waals surface area contributed by atoms with Gasteiger partial charge in [-0.15, -0.1) is 10.2 Å². The van der Waals surface area contributed by atoms with Crippen LogP contribution in [0.4, 0.5) is 17.1 Å². The highest BCUT2D eigenvalue weighted by molar-refractivity contribution is 5.98. The van der Waals surface area contributed by atoms with Crippen molar-refractivity contribution in [2.24, 2.45) is 0 Å². The molecule has 0 unspecified atom stereocenters. The highest BCUT2D eigenvalue weighted by Gasteiger charge is 2.27. The molecule has 17 heteroatoms. The topological polar surface area (TPSA) is 245 Å². The van der Waals surface area contributed by atoms with E-state index < -0.39 is 28.4 Å². The van der Waals surface area contributed by atoms with Crippen molar-refractivity contribution in [3.05, 3.63) is 108 Å². The number of nitrogen functional groups attached to an aromatic ring is 1. The molecule has 17 nitrogen and oxygen atoms in total. The van der Waals surface area contributed by atoms with Crippen LogP contribution >= 0.6 is 0 Å². The predicted octanol–water partition coefficient (Wildman–Crippen LogP) is 0.132. The molecule has 3 aromatic carbocycles. The van der Waals surface area contributed by atoms with Gasteiger partial charge in [0.05, 0.1) is 6.04 Å². The lowest BCUT2D eigenvalue weighted by molar-refractivity contribution is 0.0931. The van der Waals surface area contributed by atoms with Crippen molar-refractivity contribution in [2.75, 3.05) is 11.1 Å². The zero-order chi connectivity index (χ0) is 31.2. The maximum atomic E-state index is 13.3. The minimum absolute atomic E-state index is 0.00580. The summed E-state index contributed by atoms with van der Waals surface area (Å²) < 4.78 is 5.57. The molecule has 6 aromatic rings. The Balaban J connectivity index is 1.08. The van der Waals surface area contributed by atoms with Crippen molar-refractivity contribution in [3.8, 4) is 11.4 Å². The van der Waals surface area contributed by atoms with Gasteiger partial charge in [0, 0.05) is 17.8 Å². The number of nitrogens with one attached hydrogen (secondary N) is 4. The molecule has 0 aliphatic heterocycles. The Kier molecular flexibility index (Phi) is 6.46. The SMILES string of the molecule is Nc1c(Nc2cccc(CNC(=O)c3cc(C(=O)N[C@H]4CCc5cc(-c6nn[nH]n6)ccc54)nc4noc(=O)n34)c2)c(=O)c1=O. The van der Waals surface area contributed by atoms with Gasteiger partial charge in [-0.25, -0.2) is 14.2 Å². The van der Waals surface area contributed by atoms with Crippen LogP contribution in [0.15, 0.2) is 67.4 Å². The standard InChI is InChI=1S/C28H21N11O6/c29-20-21(23(41)22(20)40)31-15-3-1-2-12(8-15)11-30-26(43)19-10-18(33-27-36-45-28(44)39(19)27)25(42)32-17-7-5-13-9-14(4-6-16(13)17)24-34-37-38-35-24/h1-4,6,8-10,17,31H,5,7,11,29H2,(H,30,43)(H,32,42)(H,34,35,37,38)/t17-/m0/s1. The van der Waals surface area contributed by atoms with Crippen LogP contribution in [-0.2, 0) is 13.0 Å². The molecular formula is C28H21N11O6. The second-order valence-corrected chi connectivity index (χ2v) is 10.3. The van der Waals surface area contributed by atoms with Gasteiger partial charge in [-0.3, -0.25) is 23.7 Å². The van der Waals surface area contributed by atoms with Gasteiger partial charge < -0.3 is 21.7 Å². The Hall–Kier alpha value is -6.52. The number of aromatic nitrogens is 7. The number of carbonyl (C=O) groups excluding carboxylic acids is 2. The highest BCUT2D eigenvalue weighted by Crippen LogP contribution is 2.33. The zero-order valence-electron chi connectivity index (χ0n) is 23.0. The molecule has 1 atom stereocenters. The fraction of sp³-hybridized carbons (Fsp3) is 0.143. The van der Waals surface area contributed by atoms with Crippen LogP contribution in [0.2, 0.25) is 0 Å². The molecule has 1 aliphatic rings. The van der Waals surface area contributed by atoms with Crippen molar-refractivity contribution >= 4 is 34.7 Å². The molecule has 0 saturated carbocycles. The molecule has 0 saturated heterocycles. The fourth-order valence-corrected chi connectivity index (χ4v) is 5.27. The number of hydrogen-bond donors (Lipinski definition) is 5. The van der Waals surface area contributed by atoms with E-state index in [1.165, 1.54) is 6.07 Å². The molecular weight excluding hydrogens is 586 g/mol. The number of aryl methyl sites for hydroxylation is 1. The number of H-pyrrole nitrogens is 1. The third kappa shape index (κ3) is 4.86. The molecule has 3 heterocycles. The molecule has 0 fully saturated rings. The third-order valence-corrected chi connectivity index (χ3v) is 7.51. The predicted molar refractivity (Wildman–Crippen MR) is 156 cm³/mol. The summed E-state index contributed by atoms with van der Waals surface area (Å²) >= 11 is 0. The lowest BCUT2D eigenvalue weighted by atomic mass is 10.0. The van der Waals surface area contributed by atoms with E-state index in [1.807, 2.05) is 18.2 Å². The number of nitrogens with zero attached hydrogens (tertiary/aromatic N) is 6. The molecule has 2 amide bonds. The summed E-state index contributed by atoms with van der Waals surface area (Å²) in [5.41, 5.74) is 7.49. The van der Waals surface area contributed by atoms with Crippen molar-refractivity contribution in [1.82, 2.24) is 45.8 Å². The lowest BCUT2D eigenvalue weighted by Gasteiger charge is -2.15. The number of nitrogens with two attached hydrogens (primary N) is 1. The van der Waals surface area contributed by atoms with Gasteiger partial charge in [-0.1, -0.05) is 24.3 Å². The fourth-order valence-electron chi connectivity index (χ4n) is 5.27. The van der Waals surface area contributed by atoms with Gasteiger partial charge in [-0.05, 0) is 64.2 Å². The highest BCUT2D eigenvalue weighted by atomic mass is 16.5. The number of amides is 2. The molecule has 1 aliphatic carbocycles. The summed E-state index contributed by atoms with van der Waals surface area (Å²) in [4.78, 5) is 66.3. The summed E-state index contributed by atoms with van der Waals surface area (Å²) in [5.74, 6) is -2.02. The minimum atomic E-state index is -0.950. The monoisotopic (exact) mass is 607 g/mol. The summed E-state index contributed by atoms with van der Waals surface area (Å²) in [7, 11) is 0. The average Bonchev–Trinajstić information content (AvgIpc) is 3.82. The Morgan fingerprint density at radius 3 is 2.73 bits per heavy atom. The molecule has 0 spiro atoms. The third-order valence-electron chi connectivity index (χ3n) is 7.51. The van der Waals surface area contributed by atoms with Gasteiger partial charge in [0.15, 0.2) is 0 Å². The molecule has 224 valence electrons. The summed E-state index contributed by atoms with van der Waals surface area (Å²) in [6.07, 6.45) is 1.35. The molecule has 45 heavy (non-hydrogen) atoms. The van der Waals surface area contributed by atoms with Crippen LogP contribution in [0.5, 0.6) is 0 Å². The number of anilines is 3. The minimum Gasteiger partial charge on any atom is -0.394 e. The summed E-state index contributed by atoms with van der Waals surface area (Å²) in [6.45, 7) is 0.00580. The molecule has 6 N–H and O–H groups in total. The van der Waals surface area contributed by atoms with Crippen LogP contribution < -0.4 is 38.3 Å². The maximum absolute atomic E-state index is 13.3. The van der Waals surface area contributed by atoms with Crippen LogP contribution in [0, 0.1) is 0 Å². The van der Waals surface area contributed by atoms with Crippen LogP contribution in [0.3, 0.4) is 0 Å². The largest absolute Gasteiger partial charge is 0.448 e. The number of benzene rings is 2. The lowest BCUT2D eigenvalue weighted by Crippen LogP contribution is -2.36. The Bertz CT molecular complexity index is 2260. The number of hydrogen-bond acceptors (Lipinski definition) is 13. The number of carbonyl (C=O) groups is 2. The first-order chi connectivity index (χ1) is 21.8. The van der Waals surface area contributed by atoms with E-state index in [-0.39, 0.29) is 41.1 Å². The zero-order valence-corrected chi connectivity index (χ0v) is 23.0. The van der Waals surface area contributed by atoms with Crippen LogP contribution in [0.1, 0.15) is 50.1 Å². The van der Waals surface area contributed by atoms with Gasteiger partial charge >= 0.3 is 5.76 Å². The van der Waals surface area contributed by atoms with E-state index in [0.717, 1.165) is 21.1 Å². The van der Waals surface area contributed by atoms with Gasteiger partial charge in [-0.2, -0.15) is 5.21 Å². The molecule has 0 radical (unpaired) electrons. The maximum Gasteiger partial charge on any atom is 0.448 e. The first-order valence-corrected chi connectivity index (χ1v) is 13.6. The van der Waals surface area contributed by atoms with Crippen molar-refractivity contribution in [3.63, 3.8) is 0 Å². The summed E-state index contributed by atoms with van der Waals surface area (Å²) in [5, 5.41) is 26.1. The number of aromatic amines is 1. The first-order valence-electron chi connectivity index (χ1n) is 13.6. The smallest absolute Gasteiger partial charge is 0.394 e. The average molecular weight is 608 g/mol. The van der Waals surface area contributed by atoms with Crippen molar-refractivity contribution in [1.29, 1.82) is 0 Å². The van der Waals surface area contributed by atoms with E-state index in [2.05, 4.69) is 46.7 Å². The van der Waals surface area contributed by atoms with Crippen LogP contribution in [-0.4, -0.2) is 47.0 Å². The Morgan fingerprint density at radius 2 is 1.93 bits per heavy atom. The van der Waals surface area contributed by atoms with Crippen LogP contribution in [0.25, 0.3) is 17.2 Å². The normalized spacial score (nSPS) is 14.0. The molecule has 0 bridgehead atoms. The number of fused-ring (bicyclic) bond motifs is 2. The van der Waals surface area contributed by atoms with Gasteiger partial charge in [0.1, 0.15) is 22.8 Å². The summed E-state index contributed by atoms with van der Waals surface area (Å²) in [6, 6.07) is 13.3. The van der Waals surface area contributed by atoms with E-state index >= 15 is 0 Å². The quantitative estimate of drug-likeness (QED) is 0.145.